The first-order valence-corrected chi connectivity index (χ1v) is 7.65. The Hall–Kier alpha value is -2.82. The van der Waals surface area contributed by atoms with Gasteiger partial charge in [0.2, 0.25) is 5.91 Å². The van der Waals surface area contributed by atoms with Crippen LogP contribution in [0.25, 0.3) is 0 Å². The van der Waals surface area contributed by atoms with E-state index in [1.165, 1.54) is 0 Å². The molecular weight excluding hydrogens is 306 g/mol. The highest BCUT2D eigenvalue weighted by molar-refractivity contribution is 5.84. The Kier molecular flexibility index (Phi) is 5.58. The van der Waals surface area contributed by atoms with E-state index in [2.05, 4.69) is 5.32 Å². The molecule has 0 aliphatic rings. The van der Waals surface area contributed by atoms with Crippen LogP contribution in [-0.2, 0) is 21.4 Å². The maximum atomic E-state index is 12.2. The molecule has 0 radical (unpaired) electrons. The minimum absolute atomic E-state index is 0.0142. The molecule has 126 valence electrons. The van der Waals surface area contributed by atoms with Gasteiger partial charge < -0.3 is 15.2 Å². The molecule has 2 N–H and O–H groups in total. The highest BCUT2D eigenvalue weighted by Gasteiger charge is 2.35. The number of nitrogens with one attached hydrogen (secondary N) is 1. The molecule has 1 unspecified atom stereocenters. The molecule has 0 saturated carbocycles. The van der Waals surface area contributed by atoms with Crippen LogP contribution in [-0.4, -0.2) is 30.6 Å². The lowest BCUT2D eigenvalue weighted by atomic mass is 9.82. The Balaban J connectivity index is 2.07. The van der Waals surface area contributed by atoms with Gasteiger partial charge in [0, 0.05) is 12.1 Å². The van der Waals surface area contributed by atoms with Crippen molar-refractivity contribution in [2.45, 2.75) is 18.8 Å². The second-order valence-corrected chi connectivity index (χ2v) is 5.77. The number of carboxylic acids is 1. The van der Waals surface area contributed by atoms with E-state index in [4.69, 9.17) is 4.74 Å². The number of carbonyl (C=O) groups is 2. The number of methoxy groups -OCH3 is 1. The Morgan fingerprint density at radius 2 is 1.71 bits per heavy atom. The first kappa shape index (κ1) is 17.5. The first-order valence-electron chi connectivity index (χ1n) is 7.65. The van der Waals surface area contributed by atoms with Crippen LogP contribution in [0.4, 0.5) is 0 Å². The number of aliphatic carboxylic acids is 1. The molecule has 2 aromatic carbocycles. The lowest BCUT2D eigenvalue weighted by molar-refractivity contribution is -0.143. The van der Waals surface area contributed by atoms with E-state index in [-0.39, 0.29) is 18.9 Å². The maximum absolute atomic E-state index is 12.2. The summed E-state index contributed by atoms with van der Waals surface area (Å²) in [6.07, 6.45) is 0.133. The molecule has 0 bridgehead atoms. The second-order valence-electron chi connectivity index (χ2n) is 5.77. The number of rotatable bonds is 7. The van der Waals surface area contributed by atoms with Crippen LogP contribution < -0.4 is 10.1 Å². The number of hydrogen-bond donors (Lipinski definition) is 2. The lowest BCUT2D eigenvalue weighted by Crippen LogP contribution is -2.44. The van der Waals surface area contributed by atoms with Crippen molar-refractivity contribution >= 4 is 11.9 Å². The molecule has 1 amide bonds. The molecule has 0 saturated heterocycles. The fourth-order valence-corrected chi connectivity index (χ4v) is 2.47. The van der Waals surface area contributed by atoms with Crippen molar-refractivity contribution in [1.82, 2.24) is 5.32 Å². The van der Waals surface area contributed by atoms with Gasteiger partial charge in [0.25, 0.3) is 0 Å². The van der Waals surface area contributed by atoms with Crippen molar-refractivity contribution in [3.05, 3.63) is 65.7 Å². The standard InChI is InChI=1S/C19H21NO4/c1-19(18(22)23,15-9-4-3-5-10-15)13-20-17(21)12-14-8-6-7-11-16(14)24-2/h3-11H,12-13H2,1-2H3,(H,20,21)(H,22,23). The minimum atomic E-state index is -1.18. The Morgan fingerprint density at radius 1 is 1.08 bits per heavy atom. The van der Waals surface area contributed by atoms with Gasteiger partial charge >= 0.3 is 5.97 Å². The number of para-hydroxylation sites is 1. The van der Waals surface area contributed by atoms with Crippen LogP contribution in [0.3, 0.4) is 0 Å². The average Bonchev–Trinajstić information content (AvgIpc) is 2.60. The molecule has 0 aliphatic heterocycles. The molecule has 0 fully saturated rings. The third kappa shape index (κ3) is 3.93. The van der Waals surface area contributed by atoms with Gasteiger partial charge in [-0.05, 0) is 18.6 Å². The molecule has 0 heterocycles. The zero-order valence-electron chi connectivity index (χ0n) is 13.8. The van der Waals surface area contributed by atoms with Gasteiger partial charge in [-0.3, -0.25) is 9.59 Å². The van der Waals surface area contributed by atoms with E-state index in [0.29, 0.717) is 11.3 Å². The topological polar surface area (TPSA) is 75.6 Å². The number of benzene rings is 2. The van der Waals surface area contributed by atoms with Gasteiger partial charge in [0.15, 0.2) is 0 Å². The number of carboxylic acid groups (broad SMARTS) is 1. The number of hydrogen-bond acceptors (Lipinski definition) is 3. The third-order valence-corrected chi connectivity index (χ3v) is 4.07. The quantitative estimate of drug-likeness (QED) is 0.819. The summed E-state index contributed by atoms with van der Waals surface area (Å²) in [5, 5.41) is 12.3. The van der Waals surface area contributed by atoms with E-state index in [9.17, 15) is 14.7 Å². The molecule has 24 heavy (non-hydrogen) atoms. The normalized spacial score (nSPS) is 12.9. The summed E-state index contributed by atoms with van der Waals surface area (Å²) in [5.41, 5.74) is 0.224. The third-order valence-electron chi connectivity index (χ3n) is 4.07. The van der Waals surface area contributed by atoms with Gasteiger partial charge in [-0.1, -0.05) is 48.5 Å². The number of amides is 1. The monoisotopic (exact) mass is 327 g/mol. The molecule has 0 spiro atoms. The van der Waals surface area contributed by atoms with Crippen molar-refractivity contribution in [2.75, 3.05) is 13.7 Å². The highest BCUT2D eigenvalue weighted by atomic mass is 16.5. The molecule has 5 heteroatoms. The zero-order chi connectivity index (χ0) is 17.6. The van der Waals surface area contributed by atoms with Crippen LogP contribution >= 0.6 is 0 Å². The minimum Gasteiger partial charge on any atom is -0.496 e. The summed E-state index contributed by atoms with van der Waals surface area (Å²) in [7, 11) is 1.55. The summed E-state index contributed by atoms with van der Waals surface area (Å²) in [6, 6.07) is 16.2. The second kappa shape index (κ2) is 7.64. The van der Waals surface area contributed by atoms with Crippen LogP contribution in [0.5, 0.6) is 5.75 Å². The Morgan fingerprint density at radius 3 is 2.33 bits per heavy atom. The van der Waals surface area contributed by atoms with Crippen molar-refractivity contribution in [3.8, 4) is 5.75 Å². The van der Waals surface area contributed by atoms with Gasteiger partial charge in [0.05, 0.1) is 13.5 Å². The van der Waals surface area contributed by atoms with Crippen molar-refractivity contribution in [3.63, 3.8) is 0 Å². The highest BCUT2D eigenvalue weighted by Crippen LogP contribution is 2.23. The molecular formula is C19H21NO4. The van der Waals surface area contributed by atoms with Crippen molar-refractivity contribution < 1.29 is 19.4 Å². The smallest absolute Gasteiger partial charge is 0.315 e. The Labute approximate surface area is 141 Å². The molecule has 0 aromatic heterocycles. The predicted octanol–water partition coefficient (Wildman–Crippen LogP) is 2.40. The van der Waals surface area contributed by atoms with E-state index < -0.39 is 11.4 Å². The van der Waals surface area contributed by atoms with Crippen LogP contribution in [0, 0.1) is 0 Å². The summed E-state index contributed by atoms with van der Waals surface area (Å²) in [5.74, 6) is -0.592. The van der Waals surface area contributed by atoms with Crippen LogP contribution in [0.15, 0.2) is 54.6 Å². The van der Waals surface area contributed by atoms with E-state index >= 15 is 0 Å². The van der Waals surface area contributed by atoms with Crippen molar-refractivity contribution in [2.24, 2.45) is 0 Å². The Bertz CT molecular complexity index is 714. The van der Waals surface area contributed by atoms with Crippen molar-refractivity contribution in [1.29, 1.82) is 0 Å². The number of carbonyl (C=O) groups excluding carboxylic acids is 1. The maximum Gasteiger partial charge on any atom is 0.315 e. The largest absolute Gasteiger partial charge is 0.496 e. The SMILES string of the molecule is COc1ccccc1CC(=O)NCC(C)(C(=O)O)c1ccccc1. The fourth-order valence-electron chi connectivity index (χ4n) is 2.47. The van der Waals surface area contributed by atoms with E-state index in [1.54, 1.807) is 44.4 Å². The van der Waals surface area contributed by atoms with Gasteiger partial charge in [0.1, 0.15) is 11.2 Å². The lowest BCUT2D eigenvalue weighted by Gasteiger charge is -2.25. The summed E-state index contributed by atoms with van der Waals surface area (Å²) < 4.78 is 5.23. The van der Waals surface area contributed by atoms with E-state index in [0.717, 1.165) is 5.56 Å². The molecule has 1 atom stereocenters. The zero-order valence-corrected chi connectivity index (χ0v) is 13.8. The number of ether oxygens (including phenoxy) is 1. The van der Waals surface area contributed by atoms with Gasteiger partial charge in [-0.2, -0.15) is 0 Å². The molecule has 0 aliphatic carbocycles. The van der Waals surface area contributed by atoms with Gasteiger partial charge in [-0.15, -0.1) is 0 Å². The van der Waals surface area contributed by atoms with E-state index in [1.807, 2.05) is 24.3 Å². The van der Waals surface area contributed by atoms with Crippen LogP contribution in [0.1, 0.15) is 18.1 Å². The molecule has 2 rings (SSSR count). The van der Waals surface area contributed by atoms with Gasteiger partial charge in [-0.25, -0.2) is 0 Å². The summed E-state index contributed by atoms with van der Waals surface area (Å²) in [6.45, 7) is 1.62. The summed E-state index contributed by atoms with van der Waals surface area (Å²) >= 11 is 0. The molecule has 5 nitrogen and oxygen atoms in total. The summed E-state index contributed by atoms with van der Waals surface area (Å²) in [4.78, 5) is 23.9. The van der Waals surface area contributed by atoms with Crippen LogP contribution in [0.2, 0.25) is 0 Å². The first-order chi connectivity index (χ1) is 11.5. The molecule has 2 aromatic rings. The average molecular weight is 327 g/mol. The predicted molar refractivity (Wildman–Crippen MR) is 91.1 cm³/mol. The fraction of sp³-hybridized carbons (Fsp3) is 0.263.